The molecule has 0 spiro atoms. The van der Waals surface area contributed by atoms with Crippen molar-refractivity contribution in [3.05, 3.63) is 101 Å². The van der Waals surface area contributed by atoms with Crippen LogP contribution in [0.3, 0.4) is 0 Å². The van der Waals surface area contributed by atoms with Gasteiger partial charge in [0.05, 0.1) is 0 Å². The van der Waals surface area contributed by atoms with Gasteiger partial charge in [-0.3, -0.25) is 9.59 Å². The van der Waals surface area contributed by atoms with Crippen LogP contribution < -0.4 is 20.7 Å². The molecular weight excluding hydrogens is 640 g/mol. The van der Waals surface area contributed by atoms with Crippen molar-refractivity contribution in [1.29, 1.82) is 0 Å². The monoisotopic (exact) mass is 681 g/mol. The van der Waals surface area contributed by atoms with E-state index in [0.29, 0.717) is 12.0 Å². The summed E-state index contributed by atoms with van der Waals surface area (Å²) in [5.74, 6) is -3.98. The number of nitrogens with one attached hydrogen (secondary N) is 3. The molecule has 3 rings (SSSR count). The fraction of sp³-hybridized carbons (Fsp3) is 0.324. The number of carbonyl (C=O) groups is 5. The second kappa shape index (κ2) is 20.9. The zero-order valence-electron chi connectivity index (χ0n) is 25.9. The van der Waals surface area contributed by atoms with Crippen LogP contribution >= 0.6 is 0 Å². The Hall–Kier alpha value is -3.39. The molecule has 0 aromatic heterocycles. The van der Waals surface area contributed by atoms with Crippen molar-refractivity contribution >= 4 is 89.0 Å². The molecule has 0 heterocycles. The molecule has 0 saturated heterocycles. The van der Waals surface area contributed by atoms with Gasteiger partial charge in [0, 0.05) is 19.4 Å². The zero-order chi connectivity index (χ0) is 33.7. The number of hydrogen-bond donors (Lipinski definition) is 5. The summed E-state index contributed by atoms with van der Waals surface area (Å²) >= 11 is 0. The van der Waals surface area contributed by atoms with E-state index in [4.69, 9.17) is 14.6 Å². The normalized spacial score (nSPS) is 11.7. The van der Waals surface area contributed by atoms with Crippen molar-refractivity contribution < 1.29 is 43.7 Å². The number of hydrogen-bond acceptors (Lipinski definition) is 7. The molecule has 48 heavy (non-hydrogen) atoms. The Balaban J connectivity index is 0.00000576. The molecule has 5 N–H and O–H groups in total. The number of amides is 3. The van der Waals surface area contributed by atoms with Crippen molar-refractivity contribution in [2.45, 2.75) is 57.7 Å². The molecule has 0 saturated carbocycles. The standard InChI is InChI=1S/C34H39N3O9.2Na.2H/c1-34(2,3)46-33(44)37-27(19-23-12-8-5-9-13-23)31(41)36-26(30(40)35-17-16-22-10-6-4-7-11-22)20-24-14-15-28(45-21-29(38)39)25(18-24)32(42)43;;;;/h4-15,18,26-27H,16-17,19-21H2,1-3H3,(H,35,40)(H,36,41)(H,37,44)(H,38,39)(H,42,43);;;;/t26-,27-;;;;/m0..../s1. The van der Waals surface area contributed by atoms with Gasteiger partial charge in [-0.05, 0) is 56.0 Å². The maximum atomic E-state index is 13.7. The maximum absolute atomic E-state index is 13.7. The van der Waals surface area contributed by atoms with Gasteiger partial charge in [0.2, 0.25) is 11.8 Å². The summed E-state index contributed by atoms with van der Waals surface area (Å²) in [4.78, 5) is 62.7. The molecule has 0 radical (unpaired) electrons. The third kappa shape index (κ3) is 15.2. The number of benzene rings is 3. The summed E-state index contributed by atoms with van der Waals surface area (Å²) in [5.41, 5.74) is 0.994. The SMILES string of the molecule is CC(C)(C)OC(=O)N[C@@H](Cc1ccccc1)C(=O)N[C@@H](Cc1ccc(OCC(=O)O)c(C(=O)O)c1)C(=O)NCCc1ccccc1.[NaH].[NaH]. The molecule has 0 aliphatic rings. The molecule has 3 amide bonds. The molecule has 2 atom stereocenters. The molecule has 0 aliphatic carbocycles. The Morgan fingerprint density at radius 2 is 1.29 bits per heavy atom. The Morgan fingerprint density at radius 3 is 1.85 bits per heavy atom. The fourth-order valence-electron chi connectivity index (χ4n) is 4.46. The second-order valence-corrected chi connectivity index (χ2v) is 11.5. The summed E-state index contributed by atoms with van der Waals surface area (Å²) in [7, 11) is 0. The van der Waals surface area contributed by atoms with Crippen molar-refractivity contribution in [2.75, 3.05) is 13.2 Å². The Kier molecular flexibility index (Phi) is 18.5. The van der Waals surface area contributed by atoms with E-state index in [1.165, 1.54) is 18.2 Å². The quantitative estimate of drug-likeness (QED) is 0.150. The summed E-state index contributed by atoms with van der Waals surface area (Å²) in [6.45, 7) is 4.60. The molecule has 0 bridgehead atoms. The summed E-state index contributed by atoms with van der Waals surface area (Å²) in [5, 5.41) is 26.8. The first-order chi connectivity index (χ1) is 21.8. The number of aliphatic carboxylic acids is 1. The van der Waals surface area contributed by atoms with Crippen molar-refractivity contribution in [3.63, 3.8) is 0 Å². The number of rotatable bonds is 15. The molecule has 0 aliphatic heterocycles. The van der Waals surface area contributed by atoms with Gasteiger partial charge in [-0.1, -0.05) is 66.7 Å². The van der Waals surface area contributed by atoms with Gasteiger partial charge in [-0.25, -0.2) is 14.4 Å². The third-order valence-electron chi connectivity index (χ3n) is 6.54. The Bertz CT molecular complexity index is 1520. The molecular formula is C34H41N3Na2O9. The first-order valence-electron chi connectivity index (χ1n) is 14.7. The van der Waals surface area contributed by atoms with Crippen molar-refractivity contribution in [1.82, 2.24) is 16.0 Å². The Labute approximate surface area is 323 Å². The van der Waals surface area contributed by atoms with Gasteiger partial charge < -0.3 is 35.6 Å². The van der Waals surface area contributed by atoms with Gasteiger partial charge in [0.1, 0.15) is 29.0 Å². The van der Waals surface area contributed by atoms with Crippen molar-refractivity contribution in [2.24, 2.45) is 0 Å². The Morgan fingerprint density at radius 1 is 0.729 bits per heavy atom. The number of carboxylic acids is 2. The summed E-state index contributed by atoms with van der Waals surface area (Å²) in [6, 6.07) is 20.3. The zero-order valence-corrected chi connectivity index (χ0v) is 25.9. The summed E-state index contributed by atoms with van der Waals surface area (Å²) < 4.78 is 10.5. The number of carboxylic acid groups (broad SMARTS) is 2. The molecule has 3 aromatic carbocycles. The molecule has 248 valence electrons. The topological polar surface area (TPSA) is 180 Å². The van der Waals surface area contributed by atoms with Crippen LogP contribution in [0, 0.1) is 0 Å². The van der Waals surface area contributed by atoms with Crippen LogP contribution in [0.4, 0.5) is 4.79 Å². The molecule has 0 fully saturated rings. The van der Waals surface area contributed by atoms with Crippen LogP contribution in [0.1, 0.15) is 47.8 Å². The van der Waals surface area contributed by atoms with Crippen LogP contribution in [0.15, 0.2) is 78.9 Å². The first-order valence-corrected chi connectivity index (χ1v) is 14.7. The van der Waals surface area contributed by atoms with Crippen LogP contribution in [0.2, 0.25) is 0 Å². The van der Waals surface area contributed by atoms with Gasteiger partial charge in [0.15, 0.2) is 6.61 Å². The second-order valence-electron chi connectivity index (χ2n) is 11.5. The number of alkyl carbamates (subject to hydrolysis) is 1. The van der Waals surface area contributed by atoms with Crippen LogP contribution in [0.5, 0.6) is 5.75 Å². The molecule has 14 heteroatoms. The average molecular weight is 682 g/mol. The fourth-order valence-corrected chi connectivity index (χ4v) is 4.46. The predicted molar refractivity (Wildman–Crippen MR) is 183 cm³/mol. The molecule has 3 aromatic rings. The van der Waals surface area contributed by atoms with Gasteiger partial charge in [0.25, 0.3) is 0 Å². The van der Waals surface area contributed by atoms with E-state index < -0.39 is 54.1 Å². The molecule has 12 nitrogen and oxygen atoms in total. The number of aromatic carboxylic acids is 1. The van der Waals surface area contributed by atoms with Crippen LogP contribution in [-0.2, 0) is 38.4 Å². The minimum atomic E-state index is -1.36. The van der Waals surface area contributed by atoms with Crippen molar-refractivity contribution in [3.8, 4) is 5.75 Å². The summed E-state index contributed by atoms with van der Waals surface area (Å²) in [6.07, 6.45) is -0.293. The minimum absolute atomic E-state index is 0. The van der Waals surface area contributed by atoms with Gasteiger partial charge in [-0.15, -0.1) is 0 Å². The third-order valence-corrected chi connectivity index (χ3v) is 6.54. The predicted octanol–water partition coefficient (Wildman–Crippen LogP) is 2.07. The molecule has 0 unspecified atom stereocenters. The van der Waals surface area contributed by atoms with Crippen LogP contribution in [0.25, 0.3) is 0 Å². The average Bonchev–Trinajstić information content (AvgIpc) is 2.99. The van der Waals surface area contributed by atoms with Crippen LogP contribution in [-0.4, -0.2) is 130 Å². The van der Waals surface area contributed by atoms with E-state index in [9.17, 15) is 29.1 Å². The first kappa shape index (κ1) is 42.6. The van der Waals surface area contributed by atoms with Gasteiger partial charge >= 0.3 is 77.1 Å². The van der Waals surface area contributed by atoms with Gasteiger partial charge in [-0.2, -0.15) is 0 Å². The number of ether oxygens (including phenoxy) is 2. The number of carbonyl (C=O) groups excluding carboxylic acids is 3. The van der Waals surface area contributed by atoms with E-state index in [2.05, 4.69) is 16.0 Å². The van der Waals surface area contributed by atoms with E-state index in [1.54, 1.807) is 45.0 Å². The van der Waals surface area contributed by atoms with E-state index in [0.717, 1.165) is 11.1 Å². The van der Waals surface area contributed by atoms with E-state index in [-0.39, 0.29) is 89.8 Å². The van der Waals surface area contributed by atoms with E-state index in [1.807, 2.05) is 36.4 Å². The van der Waals surface area contributed by atoms with E-state index >= 15 is 0 Å².